The molecule has 0 saturated carbocycles. The number of phosphoric ester groups is 1. The first-order valence-corrected chi connectivity index (χ1v) is 25.3. The third-order valence-corrected chi connectivity index (χ3v) is 11.5. The van der Waals surface area contributed by atoms with Gasteiger partial charge in [-0.25, -0.2) is 0 Å². The van der Waals surface area contributed by atoms with Gasteiger partial charge in [0.15, 0.2) is 0 Å². The van der Waals surface area contributed by atoms with Crippen molar-refractivity contribution in [1.82, 2.24) is 5.32 Å². The molecule has 0 radical (unpaired) electrons. The number of hydrogen-bond acceptors (Lipinski definition) is 6. The number of rotatable bonds is 43. The zero-order chi connectivity index (χ0) is 42.1. The minimum Gasteiger partial charge on any atom is -0.756 e. The SMILES string of the molecule is CCCCCCCC/C=C/CC/C=C/[C@@H](O)[C@H](COP(=O)([O-])OCC[N+](C)(C)C)NC(=O)CCCCCCCCCCCCCCC/C=C/CCCCCCCC. The highest BCUT2D eigenvalue weighted by atomic mass is 31.2. The Morgan fingerprint density at radius 2 is 0.982 bits per heavy atom. The molecule has 57 heavy (non-hydrogen) atoms. The highest BCUT2D eigenvalue weighted by Crippen LogP contribution is 2.38. The summed E-state index contributed by atoms with van der Waals surface area (Å²) in [6, 6.07) is -0.900. The molecule has 3 atom stereocenters. The lowest BCUT2D eigenvalue weighted by atomic mass is 10.0. The quantitative estimate of drug-likeness (QED) is 0.0274. The number of nitrogens with zero attached hydrogens (tertiary/aromatic N) is 1. The molecule has 0 aromatic carbocycles. The third kappa shape index (κ3) is 42.6. The molecule has 9 heteroatoms. The summed E-state index contributed by atoms with van der Waals surface area (Å²) < 4.78 is 23.2. The smallest absolute Gasteiger partial charge is 0.268 e. The van der Waals surface area contributed by atoms with Crippen molar-refractivity contribution in [3.63, 3.8) is 0 Å². The Bertz CT molecular complexity index is 1030. The van der Waals surface area contributed by atoms with E-state index in [1.54, 1.807) is 6.08 Å². The molecule has 0 aliphatic carbocycles. The van der Waals surface area contributed by atoms with Gasteiger partial charge in [0.2, 0.25) is 5.91 Å². The van der Waals surface area contributed by atoms with E-state index < -0.39 is 26.6 Å². The highest BCUT2D eigenvalue weighted by molar-refractivity contribution is 7.45. The lowest BCUT2D eigenvalue weighted by Crippen LogP contribution is -2.45. The average molecular weight is 825 g/mol. The van der Waals surface area contributed by atoms with Crippen molar-refractivity contribution in [2.75, 3.05) is 40.9 Å². The van der Waals surface area contributed by atoms with Crippen LogP contribution in [0.5, 0.6) is 0 Å². The van der Waals surface area contributed by atoms with Crippen LogP contribution in [-0.2, 0) is 18.4 Å². The van der Waals surface area contributed by atoms with E-state index in [-0.39, 0.29) is 12.5 Å². The number of aliphatic hydroxyl groups is 1. The van der Waals surface area contributed by atoms with Crippen LogP contribution >= 0.6 is 7.82 Å². The van der Waals surface area contributed by atoms with Crippen molar-refractivity contribution < 1.29 is 32.9 Å². The average Bonchev–Trinajstić information content (AvgIpc) is 3.16. The van der Waals surface area contributed by atoms with Crippen molar-refractivity contribution in [3.05, 3.63) is 36.5 Å². The zero-order valence-corrected chi connectivity index (χ0v) is 38.9. The number of likely N-dealkylation sites (N-methyl/N-ethyl adjacent to an activating group) is 1. The number of phosphoric acid groups is 1. The molecular formula is C48H93N2O6P. The molecule has 0 rings (SSSR count). The van der Waals surface area contributed by atoms with E-state index in [4.69, 9.17) is 9.05 Å². The summed E-state index contributed by atoms with van der Waals surface area (Å²) in [7, 11) is 1.24. The predicted octanol–water partition coefficient (Wildman–Crippen LogP) is 12.8. The largest absolute Gasteiger partial charge is 0.756 e. The number of carbonyl (C=O) groups is 1. The molecule has 1 amide bonds. The summed E-state index contributed by atoms with van der Waals surface area (Å²) in [5.74, 6) is -0.208. The van der Waals surface area contributed by atoms with E-state index in [0.717, 1.165) is 38.5 Å². The van der Waals surface area contributed by atoms with Crippen LogP contribution in [0.4, 0.5) is 0 Å². The number of allylic oxidation sites excluding steroid dienone is 5. The van der Waals surface area contributed by atoms with E-state index in [1.165, 1.54) is 154 Å². The second kappa shape index (κ2) is 40.1. The van der Waals surface area contributed by atoms with Gasteiger partial charge in [0.25, 0.3) is 7.82 Å². The standard InChI is InChI=1S/C48H93N2O6P/c1-6-8-10-12-14-16-18-20-21-22-23-24-25-26-27-28-29-30-32-34-36-38-40-42-48(52)49-46(45-56-57(53,54)55-44-43-50(3,4)5)47(51)41-39-37-35-33-31-19-17-15-13-11-9-7-2/h20-21,31,33,39,41,46-47,51H,6-19,22-30,32,34-38,40,42-45H2,1-5H3,(H-,49,52,53,54)/b21-20+,33-31+,41-39+/t46-,47+/m0/s1. The van der Waals surface area contributed by atoms with Crippen LogP contribution in [0.25, 0.3) is 0 Å². The molecular weight excluding hydrogens is 732 g/mol. The van der Waals surface area contributed by atoms with Gasteiger partial charge in [0.1, 0.15) is 13.2 Å². The summed E-state index contributed by atoms with van der Waals surface area (Å²) in [4.78, 5) is 25.3. The molecule has 336 valence electrons. The van der Waals surface area contributed by atoms with Crippen molar-refractivity contribution in [2.45, 2.75) is 225 Å². The van der Waals surface area contributed by atoms with Crippen LogP contribution in [0.2, 0.25) is 0 Å². The van der Waals surface area contributed by atoms with E-state index in [1.807, 2.05) is 27.2 Å². The monoisotopic (exact) mass is 825 g/mol. The predicted molar refractivity (Wildman–Crippen MR) is 242 cm³/mol. The van der Waals surface area contributed by atoms with Gasteiger partial charge in [0.05, 0.1) is 39.9 Å². The maximum absolute atomic E-state index is 12.9. The second-order valence-corrected chi connectivity index (χ2v) is 18.9. The van der Waals surface area contributed by atoms with Crippen molar-refractivity contribution >= 4 is 13.7 Å². The van der Waals surface area contributed by atoms with Crippen LogP contribution in [-0.4, -0.2) is 68.5 Å². The minimum absolute atomic E-state index is 0.00596. The van der Waals surface area contributed by atoms with Crippen molar-refractivity contribution in [3.8, 4) is 0 Å². The molecule has 0 bridgehead atoms. The fraction of sp³-hybridized carbons (Fsp3) is 0.854. The van der Waals surface area contributed by atoms with Crippen LogP contribution in [0, 0.1) is 0 Å². The molecule has 2 N–H and O–H groups in total. The molecule has 8 nitrogen and oxygen atoms in total. The van der Waals surface area contributed by atoms with Gasteiger partial charge < -0.3 is 28.8 Å². The van der Waals surface area contributed by atoms with Gasteiger partial charge in [-0.15, -0.1) is 0 Å². The number of quaternary nitrogens is 1. The summed E-state index contributed by atoms with van der Waals surface area (Å²) in [6.45, 7) is 4.61. The summed E-state index contributed by atoms with van der Waals surface area (Å²) >= 11 is 0. The van der Waals surface area contributed by atoms with E-state index in [2.05, 4.69) is 43.5 Å². The number of hydrogen-bond donors (Lipinski definition) is 2. The minimum atomic E-state index is -4.59. The topological polar surface area (TPSA) is 108 Å². The van der Waals surface area contributed by atoms with Gasteiger partial charge in [-0.2, -0.15) is 0 Å². The van der Waals surface area contributed by atoms with Crippen LogP contribution in [0.15, 0.2) is 36.5 Å². The first-order chi connectivity index (χ1) is 27.5. The molecule has 0 aliphatic rings. The molecule has 0 aromatic rings. The fourth-order valence-electron chi connectivity index (χ4n) is 6.75. The first-order valence-electron chi connectivity index (χ1n) is 23.9. The van der Waals surface area contributed by atoms with Crippen molar-refractivity contribution in [2.24, 2.45) is 0 Å². The van der Waals surface area contributed by atoms with Gasteiger partial charge in [0, 0.05) is 6.42 Å². The molecule has 0 aromatic heterocycles. The Kier molecular flexibility index (Phi) is 39.2. The first kappa shape index (κ1) is 55.7. The molecule has 0 spiro atoms. The number of carbonyl (C=O) groups excluding carboxylic acids is 1. The van der Waals surface area contributed by atoms with E-state index in [0.29, 0.717) is 17.4 Å². The Morgan fingerprint density at radius 3 is 1.42 bits per heavy atom. The third-order valence-electron chi connectivity index (χ3n) is 10.6. The lowest BCUT2D eigenvalue weighted by Gasteiger charge is -2.29. The van der Waals surface area contributed by atoms with Crippen LogP contribution in [0.1, 0.15) is 213 Å². The van der Waals surface area contributed by atoms with Gasteiger partial charge in [-0.05, 0) is 57.8 Å². The zero-order valence-electron chi connectivity index (χ0n) is 38.0. The number of unbranched alkanes of at least 4 members (excludes halogenated alkanes) is 26. The Morgan fingerprint density at radius 1 is 0.596 bits per heavy atom. The molecule has 1 unspecified atom stereocenters. The second-order valence-electron chi connectivity index (χ2n) is 17.5. The molecule has 0 aliphatic heterocycles. The van der Waals surface area contributed by atoms with Gasteiger partial charge in [-0.1, -0.05) is 185 Å². The van der Waals surface area contributed by atoms with E-state index in [9.17, 15) is 19.4 Å². The van der Waals surface area contributed by atoms with Crippen LogP contribution < -0.4 is 10.2 Å². The maximum atomic E-state index is 12.9. The Hall–Kier alpha value is -1.28. The molecule has 0 fully saturated rings. The Balaban J connectivity index is 4.26. The highest BCUT2D eigenvalue weighted by Gasteiger charge is 2.23. The molecule has 0 saturated heterocycles. The fourth-order valence-corrected chi connectivity index (χ4v) is 7.47. The number of amides is 1. The maximum Gasteiger partial charge on any atom is 0.268 e. The van der Waals surface area contributed by atoms with Crippen LogP contribution in [0.3, 0.4) is 0 Å². The van der Waals surface area contributed by atoms with E-state index >= 15 is 0 Å². The normalized spacial score (nSPS) is 14.6. The summed E-state index contributed by atoms with van der Waals surface area (Å²) in [5.41, 5.74) is 0. The van der Waals surface area contributed by atoms with Gasteiger partial charge in [-0.3, -0.25) is 9.36 Å². The van der Waals surface area contributed by atoms with Crippen molar-refractivity contribution in [1.29, 1.82) is 0 Å². The number of aliphatic hydroxyl groups excluding tert-OH is 1. The Labute approximate surface area is 353 Å². The lowest BCUT2D eigenvalue weighted by molar-refractivity contribution is -0.870. The summed E-state index contributed by atoms with van der Waals surface area (Å²) in [6.07, 6.45) is 49.2. The molecule has 0 heterocycles. The summed E-state index contributed by atoms with van der Waals surface area (Å²) in [5, 5.41) is 13.7. The van der Waals surface area contributed by atoms with Gasteiger partial charge >= 0.3 is 0 Å². The number of nitrogens with one attached hydrogen (secondary N) is 1.